The Balaban J connectivity index is 1.83. The van der Waals surface area contributed by atoms with Crippen molar-refractivity contribution in [1.29, 1.82) is 0 Å². The first-order chi connectivity index (χ1) is 12.9. The number of aliphatic carboxylic acids is 1. The van der Waals surface area contributed by atoms with Crippen molar-refractivity contribution in [3.63, 3.8) is 0 Å². The number of carbonyl (C=O) groups is 2. The van der Waals surface area contributed by atoms with Crippen molar-refractivity contribution in [2.45, 2.75) is 30.8 Å². The van der Waals surface area contributed by atoms with Crippen LogP contribution in [-0.2, 0) is 26.0 Å². The highest BCUT2D eigenvalue weighted by atomic mass is 32.2. The first-order valence-corrected chi connectivity index (χ1v) is 9.84. The van der Waals surface area contributed by atoms with Crippen LogP contribution < -0.4 is 4.74 Å². The number of benzene rings is 2. The molecule has 2 aromatic carbocycles. The van der Waals surface area contributed by atoms with Crippen LogP contribution in [0.5, 0.6) is 5.75 Å². The number of sulfone groups is 1. The highest BCUT2D eigenvalue weighted by Gasteiger charge is 2.42. The van der Waals surface area contributed by atoms with E-state index in [-0.39, 0.29) is 25.2 Å². The molecule has 1 aliphatic heterocycles. The summed E-state index contributed by atoms with van der Waals surface area (Å²) < 4.78 is 36.2. The molecule has 7 nitrogen and oxygen atoms in total. The lowest BCUT2D eigenvalue weighted by Crippen LogP contribution is -2.34. The van der Waals surface area contributed by atoms with E-state index in [1.54, 1.807) is 54.6 Å². The summed E-state index contributed by atoms with van der Waals surface area (Å²) in [5, 5.41) is 6.46. The molecule has 2 atom stereocenters. The van der Waals surface area contributed by atoms with Crippen molar-refractivity contribution in [1.82, 2.24) is 0 Å². The molecule has 0 aliphatic carbocycles. The first-order valence-electron chi connectivity index (χ1n) is 8.30. The Morgan fingerprint density at radius 1 is 1.07 bits per heavy atom. The van der Waals surface area contributed by atoms with E-state index in [1.165, 1.54) is 0 Å². The van der Waals surface area contributed by atoms with Crippen LogP contribution in [0.2, 0.25) is 0 Å². The lowest BCUT2D eigenvalue weighted by atomic mass is 10.00. The van der Waals surface area contributed by atoms with E-state index in [0.29, 0.717) is 11.1 Å². The van der Waals surface area contributed by atoms with Crippen LogP contribution in [0.25, 0.3) is 0 Å². The first kappa shape index (κ1) is 18.9. The fourth-order valence-electron chi connectivity index (χ4n) is 2.98. The minimum Gasteiger partial charge on any atom is -0.489 e. The summed E-state index contributed by atoms with van der Waals surface area (Å²) in [6, 6.07) is 15.1. The Morgan fingerprint density at radius 2 is 1.74 bits per heavy atom. The van der Waals surface area contributed by atoms with Crippen LogP contribution in [-0.4, -0.2) is 30.9 Å². The number of carboxylic acid groups (broad SMARTS) is 1. The van der Waals surface area contributed by atoms with Gasteiger partial charge in [-0.25, -0.2) is 13.2 Å². The molecule has 1 unspecified atom stereocenters. The third-order valence-electron chi connectivity index (χ3n) is 4.25. The largest absolute Gasteiger partial charge is 0.489 e. The standard InChI is InChI=1S/C19H18O7S/c20-18(21)11-14-10-17(15-8-4-5-9-16(15)26-14)27(23,24)19(22)25-12-13-6-2-1-3-7-13/h1-9,14,17H,10-12H2,(H,20,21)/t14-,17?/m1/s1. The van der Waals surface area contributed by atoms with Gasteiger partial charge in [-0.05, 0) is 11.6 Å². The van der Waals surface area contributed by atoms with Crippen LogP contribution in [0.1, 0.15) is 29.2 Å². The number of ether oxygens (including phenoxy) is 2. The highest BCUT2D eigenvalue weighted by molar-refractivity contribution is 8.05. The second kappa shape index (κ2) is 7.79. The van der Waals surface area contributed by atoms with Crippen molar-refractivity contribution >= 4 is 21.1 Å². The Kier molecular flexibility index (Phi) is 5.46. The summed E-state index contributed by atoms with van der Waals surface area (Å²) in [7, 11) is -4.35. The molecular formula is C19H18O7S. The summed E-state index contributed by atoms with van der Waals surface area (Å²) in [5.41, 5.74) is 0.994. The number of carboxylic acids is 1. The van der Waals surface area contributed by atoms with Gasteiger partial charge in [0, 0.05) is 12.0 Å². The van der Waals surface area contributed by atoms with Crippen LogP contribution >= 0.6 is 0 Å². The number of hydrogen-bond acceptors (Lipinski definition) is 6. The van der Waals surface area contributed by atoms with E-state index in [0.717, 1.165) is 0 Å². The van der Waals surface area contributed by atoms with Gasteiger partial charge in [0.05, 0.1) is 6.42 Å². The molecule has 142 valence electrons. The zero-order chi connectivity index (χ0) is 19.4. The average Bonchev–Trinajstić information content (AvgIpc) is 2.65. The SMILES string of the molecule is O=C(O)C[C@H]1CC(S(=O)(=O)C(=O)OCc2ccccc2)c2ccccc2O1. The number of fused-ring (bicyclic) bond motifs is 1. The molecule has 27 heavy (non-hydrogen) atoms. The van der Waals surface area contributed by atoms with Crippen molar-refractivity contribution < 1.29 is 32.6 Å². The van der Waals surface area contributed by atoms with Crippen molar-refractivity contribution in [2.75, 3.05) is 0 Å². The van der Waals surface area contributed by atoms with Gasteiger partial charge in [0.25, 0.3) is 9.84 Å². The number of rotatable bonds is 5. The summed E-state index contributed by atoms with van der Waals surface area (Å²) in [6.07, 6.45) is -1.34. The molecule has 8 heteroatoms. The normalized spacial score (nSPS) is 18.8. The van der Waals surface area contributed by atoms with Crippen LogP contribution in [0.4, 0.5) is 4.79 Å². The van der Waals surface area contributed by atoms with Gasteiger partial charge in [0.1, 0.15) is 23.7 Å². The van der Waals surface area contributed by atoms with Gasteiger partial charge in [0.2, 0.25) is 0 Å². The highest BCUT2D eigenvalue weighted by Crippen LogP contribution is 2.41. The van der Waals surface area contributed by atoms with E-state index in [2.05, 4.69) is 0 Å². The van der Waals surface area contributed by atoms with Crippen molar-refractivity contribution in [3.8, 4) is 5.75 Å². The molecule has 0 saturated heterocycles. The third kappa shape index (κ3) is 4.28. The quantitative estimate of drug-likeness (QED) is 0.782. The topological polar surface area (TPSA) is 107 Å². The molecule has 0 radical (unpaired) electrons. The molecule has 1 heterocycles. The zero-order valence-electron chi connectivity index (χ0n) is 14.3. The minimum atomic E-state index is -4.35. The van der Waals surface area contributed by atoms with Gasteiger partial charge in [-0.15, -0.1) is 0 Å². The molecule has 0 fully saturated rings. The minimum absolute atomic E-state index is 0.133. The molecule has 0 aromatic heterocycles. The van der Waals surface area contributed by atoms with E-state index in [1.807, 2.05) is 0 Å². The summed E-state index contributed by atoms with van der Waals surface area (Å²) in [5.74, 6) is -0.846. The Labute approximate surface area is 156 Å². The Bertz CT molecular complexity index is 938. The average molecular weight is 390 g/mol. The maximum atomic E-state index is 12.8. The Morgan fingerprint density at radius 3 is 2.44 bits per heavy atom. The van der Waals surface area contributed by atoms with Crippen molar-refractivity contribution in [2.24, 2.45) is 0 Å². The van der Waals surface area contributed by atoms with Gasteiger partial charge in [-0.3, -0.25) is 4.79 Å². The molecule has 0 saturated carbocycles. The Hall–Kier alpha value is -2.87. The molecular weight excluding hydrogens is 372 g/mol. The number of carbonyl (C=O) groups excluding carboxylic acids is 1. The lowest BCUT2D eigenvalue weighted by Gasteiger charge is -2.30. The molecule has 0 bridgehead atoms. The predicted molar refractivity (Wildman–Crippen MR) is 96.0 cm³/mol. The van der Waals surface area contributed by atoms with Crippen LogP contribution in [0, 0.1) is 0 Å². The van der Waals surface area contributed by atoms with Gasteiger partial charge in [0.15, 0.2) is 0 Å². The van der Waals surface area contributed by atoms with E-state index in [4.69, 9.17) is 14.6 Å². The second-order valence-electron chi connectivity index (χ2n) is 6.17. The molecule has 0 amide bonds. The third-order valence-corrected chi connectivity index (χ3v) is 6.02. The lowest BCUT2D eigenvalue weighted by molar-refractivity contribution is -0.139. The monoisotopic (exact) mass is 390 g/mol. The smallest absolute Gasteiger partial charge is 0.425 e. The molecule has 2 aromatic rings. The van der Waals surface area contributed by atoms with Gasteiger partial charge in [-0.1, -0.05) is 48.5 Å². The van der Waals surface area contributed by atoms with Gasteiger partial charge >= 0.3 is 11.3 Å². The fourth-order valence-corrected chi connectivity index (χ4v) is 4.43. The molecule has 1 N–H and O–H groups in total. The number of para-hydroxylation sites is 1. The predicted octanol–water partition coefficient (Wildman–Crippen LogP) is 3.11. The van der Waals surface area contributed by atoms with E-state index in [9.17, 15) is 18.0 Å². The zero-order valence-corrected chi connectivity index (χ0v) is 15.1. The number of hydrogen-bond donors (Lipinski definition) is 1. The fraction of sp³-hybridized carbons (Fsp3) is 0.263. The van der Waals surface area contributed by atoms with Crippen LogP contribution in [0.3, 0.4) is 0 Å². The van der Waals surface area contributed by atoms with Crippen molar-refractivity contribution in [3.05, 3.63) is 65.7 Å². The summed E-state index contributed by atoms with van der Waals surface area (Å²) in [6.45, 7) is -0.164. The maximum Gasteiger partial charge on any atom is 0.425 e. The molecule has 1 aliphatic rings. The van der Waals surface area contributed by atoms with Crippen LogP contribution in [0.15, 0.2) is 54.6 Å². The van der Waals surface area contributed by atoms with E-state index < -0.39 is 32.5 Å². The van der Waals surface area contributed by atoms with Gasteiger partial charge in [-0.2, -0.15) is 0 Å². The maximum absolute atomic E-state index is 12.8. The second-order valence-corrected chi connectivity index (χ2v) is 8.16. The summed E-state index contributed by atoms with van der Waals surface area (Å²) >= 11 is 0. The molecule has 3 rings (SSSR count). The van der Waals surface area contributed by atoms with E-state index >= 15 is 0 Å². The molecule has 0 spiro atoms. The van der Waals surface area contributed by atoms with Gasteiger partial charge < -0.3 is 14.6 Å². The summed E-state index contributed by atoms with van der Waals surface area (Å²) in [4.78, 5) is 23.3.